The third-order valence-electron chi connectivity index (χ3n) is 4.96. The van der Waals surface area contributed by atoms with Gasteiger partial charge >= 0.3 is 0 Å². The number of benzene rings is 2. The van der Waals surface area contributed by atoms with Gasteiger partial charge in [0, 0.05) is 38.4 Å². The van der Waals surface area contributed by atoms with Crippen molar-refractivity contribution < 1.29 is 9.18 Å². The normalized spacial score (nSPS) is 14.0. The van der Waals surface area contributed by atoms with Crippen molar-refractivity contribution in [2.75, 3.05) is 36.4 Å². The van der Waals surface area contributed by atoms with Crippen LogP contribution in [0.5, 0.6) is 0 Å². The molecule has 1 aliphatic rings. The van der Waals surface area contributed by atoms with Gasteiger partial charge in [-0.15, -0.1) is 10.2 Å². The molecule has 1 aromatic heterocycles. The van der Waals surface area contributed by atoms with Crippen molar-refractivity contribution in [2.45, 2.75) is 6.54 Å². The zero-order chi connectivity index (χ0) is 20.1. The second kappa shape index (κ2) is 8.68. The Labute approximate surface area is 169 Å². The lowest BCUT2D eigenvalue weighted by Crippen LogP contribution is -2.49. The number of aromatic nitrogens is 2. The lowest BCUT2D eigenvalue weighted by molar-refractivity contribution is 0.0739. The van der Waals surface area contributed by atoms with Crippen molar-refractivity contribution in [1.82, 2.24) is 15.1 Å². The number of rotatable bonds is 5. The van der Waals surface area contributed by atoms with Gasteiger partial charge in [-0.05, 0) is 42.0 Å². The molecule has 0 atom stereocenters. The lowest BCUT2D eigenvalue weighted by Gasteiger charge is -2.35. The van der Waals surface area contributed by atoms with Crippen molar-refractivity contribution in [3.05, 3.63) is 83.8 Å². The molecule has 0 unspecified atom stereocenters. The van der Waals surface area contributed by atoms with Gasteiger partial charge in [-0.2, -0.15) is 0 Å². The number of nitrogens with zero attached hydrogens (tertiary/aromatic N) is 4. The van der Waals surface area contributed by atoms with Crippen LogP contribution in [-0.4, -0.2) is 47.2 Å². The van der Waals surface area contributed by atoms with Gasteiger partial charge in [0.15, 0.2) is 5.69 Å². The fourth-order valence-corrected chi connectivity index (χ4v) is 3.30. The average Bonchev–Trinajstić information content (AvgIpc) is 2.79. The van der Waals surface area contributed by atoms with Crippen LogP contribution in [0.1, 0.15) is 16.1 Å². The van der Waals surface area contributed by atoms with Gasteiger partial charge in [-0.3, -0.25) is 4.79 Å². The highest BCUT2D eigenvalue weighted by molar-refractivity contribution is 5.92. The summed E-state index contributed by atoms with van der Waals surface area (Å²) < 4.78 is 13.0. The van der Waals surface area contributed by atoms with E-state index in [-0.39, 0.29) is 11.7 Å². The summed E-state index contributed by atoms with van der Waals surface area (Å²) in [5, 5.41) is 11.3. The molecule has 2 aromatic carbocycles. The Bertz CT molecular complexity index is 939. The molecule has 7 heteroatoms. The van der Waals surface area contributed by atoms with Gasteiger partial charge < -0.3 is 15.1 Å². The Kier molecular flexibility index (Phi) is 5.65. The number of carbonyl (C=O) groups is 1. The molecule has 0 bridgehead atoms. The van der Waals surface area contributed by atoms with Crippen LogP contribution in [0.2, 0.25) is 0 Å². The summed E-state index contributed by atoms with van der Waals surface area (Å²) in [4.78, 5) is 16.8. The highest BCUT2D eigenvalue weighted by Crippen LogP contribution is 2.16. The number of hydrogen-bond donors (Lipinski definition) is 1. The average molecular weight is 391 g/mol. The number of para-hydroxylation sites is 1. The summed E-state index contributed by atoms with van der Waals surface area (Å²) in [6, 6.07) is 19.9. The molecule has 3 aromatic rings. The summed E-state index contributed by atoms with van der Waals surface area (Å²) in [5.41, 5.74) is 2.45. The van der Waals surface area contributed by atoms with Crippen molar-refractivity contribution in [3.63, 3.8) is 0 Å². The molecule has 1 amide bonds. The molecular weight excluding hydrogens is 369 g/mol. The van der Waals surface area contributed by atoms with Crippen LogP contribution in [0, 0.1) is 5.82 Å². The molecule has 2 heterocycles. The van der Waals surface area contributed by atoms with E-state index >= 15 is 0 Å². The van der Waals surface area contributed by atoms with Gasteiger partial charge in [0.05, 0.1) is 0 Å². The van der Waals surface area contributed by atoms with Gasteiger partial charge in [-0.25, -0.2) is 4.39 Å². The summed E-state index contributed by atoms with van der Waals surface area (Å²) in [6.07, 6.45) is 0. The van der Waals surface area contributed by atoms with Crippen LogP contribution in [0.25, 0.3) is 0 Å². The van der Waals surface area contributed by atoms with E-state index in [9.17, 15) is 9.18 Å². The van der Waals surface area contributed by atoms with Crippen molar-refractivity contribution in [2.24, 2.45) is 0 Å². The van der Waals surface area contributed by atoms with E-state index < -0.39 is 0 Å². The van der Waals surface area contributed by atoms with Crippen LogP contribution in [0.15, 0.2) is 66.7 Å². The highest BCUT2D eigenvalue weighted by atomic mass is 19.1. The SMILES string of the molecule is O=C(c1ccc(NCc2ccc(F)cc2)nn1)N1CCN(c2ccccc2)CC1. The molecule has 0 spiro atoms. The molecule has 29 heavy (non-hydrogen) atoms. The van der Waals surface area contributed by atoms with Crippen LogP contribution in [0.4, 0.5) is 15.9 Å². The Morgan fingerprint density at radius 2 is 1.62 bits per heavy atom. The predicted molar refractivity (Wildman–Crippen MR) is 110 cm³/mol. The zero-order valence-corrected chi connectivity index (χ0v) is 16.0. The highest BCUT2D eigenvalue weighted by Gasteiger charge is 2.23. The Balaban J connectivity index is 1.31. The van der Waals surface area contributed by atoms with Crippen LogP contribution in [0.3, 0.4) is 0 Å². The van der Waals surface area contributed by atoms with Crippen LogP contribution < -0.4 is 10.2 Å². The number of hydrogen-bond acceptors (Lipinski definition) is 5. The molecule has 0 radical (unpaired) electrons. The van der Waals surface area contributed by atoms with Crippen LogP contribution >= 0.6 is 0 Å². The summed E-state index contributed by atoms with van der Waals surface area (Å²) in [6.45, 7) is 3.39. The standard InChI is InChI=1S/C22H22FN5O/c23-18-8-6-17(7-9-18)16-24-21-11-10-20(25-26-21)22(29)28-14-12-27(13-15-28)19-4-2-1-3-5-19/h1-11H,12-16H2,(H,24,26). The summed E-state index contributed by atoms with van der Waals surface area (Å²) >= 11 is 0. The number of anilines is 2. The quantitative estimate of drug-likeness (QED) is 0.724. The lowest BCUT2D eigenvalue weighted by atomic mass is 10.2. The third kappa shape index (κ3) is 4.68. The maximum Gasteiger partial charge on any atom is 0.274 e. The van der Waals surface area contributed by atoms with Gasteiger partial charge in [-0.1, -0.05) is 30.3 Å². The van der Waals surface area contributed by atoms with E-state index in [0.29, 0.717) is 31.1 Å². The van der Waals surface area contributed by atoms with Crippen molar-refractivity contribution >= 4 is 17.4 Å². The molecule has 0 aliphatic carbocycles. The second-order valence-electron chi connectivity index (χ2n) is 6.90. The molecule has 4 rings (SSSR count). The monoisotopic (exact) mass is 391 g/mol. The van der Waals surface area contributed by atoms with E-state index in [1.807, 2.05) is 23.1 Å². The molecule has 6 nitrogen and oxygen atoms in total. The third-order valence-corrected chi connectivity index (χ3v) is 4.96. The first-order chi connectivity index (χ1) is 14.2. The largest absolute Gasteiger partial charge is 0.368 e. The number of carbonyl (C=O) groups excluding carboxylic acids is 1. The molecule has 1 N–H and O–H groups in total. The Hall–Kier alpha value is -3.48. The summed E-state index contributed by atoms with van der Waals surface area (Å²) in [7, 11) is 0. The Morgan fingerprint density at radius 1 is 0.897 bits per heavy atom. The maximum absolute atomic E-state index is 13.0. The fourth-order valence-electron chi connectivity index (χ4n) is 3.30. The Morgan fingerprint density at radius 3 is 2.28 bits per heavy atom. The van der Waals surface area contributed by atoms with Gasteiger partial charge in [0.1, 0.15) is 11.6 Å². The minimum Gasteiger partial charge on any atom is -0.368 e. The van der Waals surface area contributed by atoms with E-state index in [4.69, 9.17) is 0 Å². The smallest absolute Gasteiger partial charge is 0.274 e. The molecule has 148 valence electrons. The van der Waals surface area contributed by atoms with E-state index in [1.165, 1.54) is 17.8 Å². The topological polar surface area (TPSA) is 61.4 Å². The predicted octanol–water partition coefficient (Wildman–Crippen LogP) is 3.19. The van der Waals surface area contributed by atoms with Crippen molar-refractivity contribution in [3.8, 4) is 0 Å². The first-order valence-electron chi connectivity index (χ1n) is 9.60. The maximum atomic E-state index is 13.0. The van der Waals surface area contributed by atoms with E-state index in [2.05, 4.69) is 32.5 Å². The number of nitrogens with one attached hydrogen (secondary N) is 1. The number of piperazine rings is 1. The van der Waals surface area contributed by atoms with Crippen LogP contribution in [-0.2, 0) is 6.54 Å². The zero-order valence-electron chi connectivity index (χ0n) is 16.0. The number of amides is 1. The summed E-state index contributed by atoms with van der Waals surface area (Å²) in [5.74, 6) is 0.205. The minimum atomic E-state index is -0.263. The molecular formula is C22H22FN5O. The molecule has 1 saturated heterocycles. The molecule has 1 fully saturated rings. The second-order valence-corrected chi connectivity index (χ2v) is 6.90. The van der Waals surface area contributed by atoms with E-state index in [0.717, 1.165) is 18.7 Å². The minimum absolute atomic E-state index is 0.102. The number of halogens is 1. The molecule has 0 saturated carbocycles. The fraction of sp³-hybridized carbons (Fsp3) is 0.227. The molecule has 1 aliphatic heterocycles. The van der Waals surface area contributed by atoms with E-state index in [1.54, 1.807) is 24.3 Å². The van der Waals surface area contributed by atoms with Gasteiger partial charge in [0.2, 0.25) is 0 Å². The first-order valence-corrected chi connectivity index (χ1v) is 9.60. The van der Waals surface area contributed by atoms with Gasteiger partial charge in [0.25, 0.3) is 5.91 Å². The van der Waals surface area contributed by atoms with Crippen molar-refractivity contribution in [1.29, 1.82) is 0 Å². The first kappa shape index (κ1) is 18.9.